The lowest BCUT2D eigenvalue weighted by atomic mass is 10.1. The molecular formula is C23H16ClF3N4O3. The van der Waals surface area contributed by atoms with Gasteiger partial charge in [0.1, 0.15) is 17.2 Å². The number of alkyl halides is 3. The molecule has 11 heteroatoms. The summed E-state index contributed by atoms with van der Waals surface area (Å²) in [5.41, 5.74) is 0.219. The fraction of sp³-hybridized carbons (Fsp3) is 0.130. The highest BCUT2D eigenvalue weighted by Gasteiger charge is 2.33. The van der Waals surface area contributed by atoms with Crippen molar-refractivity contribution >= 4 is 17.5 Å². The number of hydrogen-bond donors (Lipinski definition) is 1. The van der Waals surface area contributed by atoms with E-state index in [1.54, 1.807) is 30.3 Å². The Hall–Kier alpha value is -3.92. The summed E-state index contributed by atoms with van der Waals surface area (Å²) in [5.74, 6) is 0.917. The van der Waals surface area contributed by atoms with E-state index in [-0.39, 0.29) is 35.3 Å². The number of halogens is 4. The van der Waals surface area contributed by atoms with Gasteiger partial charge in [-0.25, -0.2) is 0 Å². The number of aromatic nitrogens is 3. The molecule has 2 heterocycles. The van der Waals surface area contributed by atoms with Gasteiger partial charge in [-0.1, -0.05) is 28.9 Å². The maximum absolute atomic E-state index is 13.1. The molecule has 0 atom stereocenters. The molecule has 7 nitrogen and oxygen atoms in total. The number of hydrogen-bond acceptors (Lipinski definition) is 6. The topological polar surface area (TPSA) is 90.1 Å². The lowest BCUT2D eigenvalue weighted by Crippen LogP contribution is -2.18. The number of pyridine rings is 1. The first kappa shape index (κ1) is 23.2. The van der Waals surface area contributed by atoms with E-state index in [1.807, 2.05) is 0 Å². The van der Waals surface area contributed by atoms with E-state index < -0.39 is 16.8 Å². The molecule has 2 aromatic heterocycles. The van der Waals surface area contributed by atoms with Gasteiger partial charge in [0, 0.05) is 24.9 Å². The highest BCUT2D eigenvalue weighted by molar-refractivity contribution is 6.31. The van der Waals surface area contributed by atoms with Crippen molar-refractivity contribution < 1.29 is 27.2 Å². The van der Waals surface area contributed by atoms with Crippen molar-refractivity contribution in [3.8, 4) is 22.9 Å². The van der Waals surface area contributed by atoms with E-state index >= 15 is 0 Å². The molecule has 4 rings (SSSR count). The predicted molar refractivity (Wildman–Crippen MR) is 117 cm³/mol. The Morgan fingerprint density at radius 2 is 1.85 bits per heavy atom. The highest BCUT2D eigenvalue weighted by atomic mass is 35.5. The van der Waals surface area contributed by atoms with Crippen LogP contribution in [0.25, 0.3) is 11.4 Å². The van der Waals surface area contributed by atoms with Gasteiger partial charge in [-0.05, 0) is 42.0 Å². The maximum atomic E-state index is 13.1. The Morgan fingerprint density at radius 3 is 2.56 bits per heavy atom. The van der Waals surface area contributed by atoms with Crippen molar-refractivity contribution in [2.24, 2.45) is 0 Å². The molecule has 0 radical (unpaired) electrons. The molecule has 174 valence electrons. The molecule has 2 aromatic carbocycles. The number of ether oxygens (including phenoxy) is 1. The summed E-state index contributed by atoms with van der Waals surface area (Å²) in [6, 6.07) is 13.6. The molecule has 0 aliphatic heterocycles. The van der Waals surface area contributed by atoms with E-state index in [1.165, 1.54) is 25.4 Å². The molecule has 0 aliphatic rings. The minimum atomic E-state index is -4.59. The minimum Gasteiger partial charge on any atom is -0.457 e. The fourth-order valence-electron chi connectivity index (χ4n) is 3.04. The summed E-state index contributed by atoms with van der Waals surface area (Å²) in [6.45, 7) is 0. The van der Waals surface area contributed by atoms with Crippen LogP contribution in [0.5, 0.6) is 11.5 Å². The SMILES string of the molecule is CNC(=O)c1cc(Oc2ccc(Cc3nc(-c4ccc(Cl)c(C(F)(F)F)c4)no3)cc2)ccn1. The zero-order valence-corrected chi connectivity index (χ0v) is 18.3. The molecule has 0 saturated heterocycles. The Balaban J connectivity index is 1.45. The first-order valence-corrected chi connectivity index (χ1v) is 10.3. The van der Waals surface area contributed by atoms with Gasteiger partial charge >= 0.3 is 6.18 Å². The predicted octanol–water partition coefficient (Wildman–Crippen LogP) is 5.55. The van der Waals surface area contributed by atoms with Crippen LogP contribution in [0.2, 0.25) is 5.02 Å². The lowest BCUT2D eigenvalue weighted by molar-refractivity contribution is -0.137. The van der Waals surface area contributed by atoms with Crippen molar-refractivity contribution in [1.82, 2.24) is 20.4 Å². The van der Waals surface area contributed by atoms with Crippen LogP contribution in [0.4, 0.5) is 13.2 Å². The van der Waals surface area contributed by atoms with Gasteiger partial charge in [-0.2, -0.15) is 18.2 Å². The highest BCUT2D eigenvalue weighted by Crippen LogP contribution is 2.36. The number of amides is 1. The Kier molecular flexibility index (Phi) is 6.51. The number of carbonyl (C=O) groups is 1. The van der Waals surface area contributed by atoms with Gasteiger partial charge in [0.05, 0.1) is 17.0 Å². The van der Waals surface area contributed by atoms with Crippen LogP contribution >= 0.6 is 11.6 Å². The smallest absolute Gasteiger partial charge is 0.417 e. The quantitative estimate of drug-likeness (QED) is 0.383. The largest absolute Gasteiger partial charge is 0.457 e. The van der Waals surface area contributed by atoms with Crippen LogP contribution in [-0.4, -0.2) is 28.1 Å². The summed E-state index contributed by atoms with van der Waals surface area (Å²) >= 11 is 5.66. The zero-order valence-electron chi connectivity index (χ0n) is 17.6. The van der Waals surface area contributed by atoms with Crippen LogP contribution in [-0.2, 0) is 12.6 Å². The van der Waals surface area contributed by atoms with Gasteiger partial charge in [0.2, 0.25) is 11.7 Å². The Morgan fingerprint density at radius 1 is 1.09 bits per heavy atom. The minimum absolute atomic E-state index is 0.0294. The van der Waals surface area contributed by atoms with Crippen LogP contribution in [0, 0.1) is 0 Å². The van der Waals surface area contributed by atoms with Crippen LogP contribution in [0.3, 0.4) is 0 Å². The third-order valence-electron chi connectivity index (χ3n) is 4.70. The molecule has 1 N–H and O–H groups in total. The van der Waals surface area contributed by atoms with E-state index in [9.17, 15) is 18.0 Å². The summed E-state index contributed by atoms with van der Waals surface area (Å²) < 4.78 is 50.3. The van der Waals surface area contributed by atoms with Crippen molar-refractivity contribution in [2.75, 3.05) is 7.05 Å². The molecule has 0 bridgehead atoms. The zero-order chi connectivity index (χ0) is 24.3. The van der Waals surface area contributed by atoms with Crippen molar-refractivity contribution in [2.45, 2.75) is 12.6 Å². The Bertz CT molecular complexity index is 1320. The number of benzene rings is 2. The van der Waals surface area contributed by atoms with Gasteiger partial charge < -0.3 is 14.6 Å². The van der Waals surface area contributed by atoms with Gasteiger partial charge in [-0.3, -0.25) is 9.78 Å². The number of carbonyl (C=O) groups excluding carboxylic acids is 1. The second-order valence-corrected chi connectivity index (χ2v) is 7.49. The third-order valence-corrected chi connectivity index (χ3v) is 5.03. The van der Waals surface area contributed by atoms with Crippen LogP contribution in [0.1, 0.15) is 27.5 Å². The van der Waals surface area contributed by atoms with E-state index in [0.29, 0.717) is 11.5 Å². The van der Waals surface area contributed by atoms with Crippen LogP contribution in [0.15, 0.2) is 65.3 Å². The maximum Gasteiger partial charge on any atom is 0.417 e. The Labute approximate surface area is 196 Å². The number of nitrogens with zero attached hydrogens (tertiary/aromatic N) is 3. The van der Waals surface area contributed by atoms with Gasteiger partial charge in [0.15, 0.2) is 0 Å². The third kappa shape index (κ3) is 5.34. The number of nitrogens with one attached hydrogen (secondary N) is 1. The average molecular weight is 489 g/mol. The van der Waals surface area contributed by atoms with E-state index in [2.05, 4.69) is 20.4 Å². The summed E-state index contributed by atoms with van der Waals surface area (Å²) in [4.78, 5) is 19.9. The molecule has 0 unspecified atom stereocenters. The first-order valence-electron chi connectivity index (χ1n) is 9.87. The molecule has 34 heavy (non-hydrogen) atoms. The molecule has 1 amide bonds. The van der Waals surface area contributed by atoms with Crippen molar-refractivity contribution in [3.63, 3.8) is 0 Å². The van der Waals surface area contributed by atoms with Gasteiger partial charge in [0.25, 0.3) is 5.91 Å². The first-order chi connectivity index (χ1) is 16.2. The van der Waals surface area contributed by atoms with Gasteiger partial charge in [-0.15, -0.1) is 0 Å². The summed E-state index contributed by atoms with van der Waals surface area (Å²) in [6.07, 6.45) is -2.85. The molecule has 0 aliphatic carbocycles. The normalized spacial score (nSPS) is 11.3. The number of rotatable bonds is 6. The van der Waals surface area contributed by atoms with Crippen molar-refractivity contribution in [3.05, 3.63) is 88.5 Å². The summed E-state index contributed by atoms with van der Waals surface area (Å²) in [7, 11) is 1.51. The fourth-order valence-corrected chi connectivity index (χ4v) is 3.26. The summed E-state index contributed by atoms with van der Waals surface area (Å²) in [5, 5.41) is 5.87. The molecular weight excluding hydrogens is 473 g/mol. The molecule has 0 spiro atoms. The second kappa shape index (κ2) is 9.52. The molecule has 0 saturated carbocycles. The molecule has 0 fully saturated rings. The van der Waals surface area contributed by atoms with E-state index in [0.717, 1.165) is 17.7 Å². The standard InChI is InChI=1S/C23H16ClF3N4O3/c1-28-22(32)19-12-16(8-9-29-19)33-15-5-2-13(3-6-15)10-20-30-21(31-34-20)14-4-7-18(24)17(11-14)23(25,26)27/h2-9,11-12H,10H2,1H3,(H,28,32). The average Bonchev–Trinajstić information content (AvgIpc) is 3.28. The van der Waals surface area contributed by atoms with Crippen molar-refractivity contribution in [1.29, 1.82) is 0 Å². The lowest BCUT2D eigenvalue weighted by Gasteiger charge is -2.09. The monoisotopic (exact) mass is 488 g/mol. The molecule has 4 aromatic rings. The second-order valence-electron chi connectivity index (χ2n) is 7.08. The van der Waals surface area contributed by atoms with E-state index in [4.69, 9.17) is 20.9 Å². The van der Waals surface area contributed by atoms with Crippen LogP contribution < -0.4 is 10.1 Å².